The van der Waals surface area contributed by atoms with Gasteiger partial charge in [0.15, 0.2) is 0 Å². The van der Waals surface area contributed by atoms with E-state index in [0.29, 0.717) is 0 Å². The Morgan fingerprint density at radius 2 is 1.92 bits per heavy atom. The molecule has 0 aliphatic heterocycles. The van der Waals surface area contributed by atoms with Crippen molar-refractivity contribution in [3.8, 4) is 0 Å². The molecule has 1 saturated carbocycles. The van der Waals surface area contributed by atoms with E-state index in [9.17, 15) is 5.11 Å². The summed E-state index contributed by atoms with van der Waals surface area (Å²) in [5.41, 5.74) is -0.376. The first-order valence-corrected chi connectivity index (χ1v) is 5.49. The van der Waals surface area contributed by atoms with Crippen LogP contribution in [0, 0.1) is 17.3 Å². The zero-order valence-electron chi connectivity index (χ0n) is 9.72. The van der Waals surface area contributed by atoms with Crippen LogP contribution >= 0.6 is 0 Å². The molecule has 1 nitrogen and oxygen atoms in total. The molecule has 0 saturated heterocycles. The molecule has 13 heavy (non-hydrogen) atoms. The van der Waals surface area contributed by atoms with Crippen LogP contribution in [0.4, 0.5) is 0 Å². The van der Waals surface area contributed by atoms with E-state index in [2.05, 4.69) is 20.8 Å². The van der Waals surface area contributed by atoms with Gasteiger partial charge in [0, 0.05) is 0 Å². The number of hydrogen-bond donors (Lipinski definition) is 1. The lowest BCUT2D eigenvalue weighted by Gasteiger charge is -2.37. The van der Waals surface area contributed by atoms with Crippen LogP contribution < -0.4 is 0 Å². The summed E-state index contributed by atoms with van der Waals surface area (Å²) in [6.07, 6.45) is 3.66. The fourth-order valence-corrected chi connectivity index (χ4v) is 2.41. The lowest BCUT2D eigenvalue weighted by atomic mass is 9.73. The molecule has 0 bridgehead atoms. The highest BCUT2D eigenvalue weighted by atomic mass is 16.3. The third kappa shape index (κ3) is 2.07. The van der Waals surface area contributed by atoms with Crippen LogP contribution in [0.15, 0.2) is 0 Å². The van der Waals surface area contributed by atoms with Gasteiger partial charge in [-0.2, -0.15) is 0 Å². The zero-order chi connectivity index (χ0) is 10.3. The second-order valence-corrected chi connectivity index (χ2v) is 5.87. The summed E-state index contributed by atoms with van der Waals surface area (Å²) in [7, 11) is 0. The average molecular weight is 184 g/mol. The van der Waals surface area contributed by atoms with E-state index in [4.69, 9.17) is 0 Å². The van der Waals surface area contributed by atoms with Crippen molar-refractivity contribution in [1.82, 2.24) is 0 Å². The maximum absolute atomic E-state index is 10.1. The van der Waals surface area contributed by atoms with Crippen LogP contribution in [-0.2, 0) is 0 Å². The molecule has 0 aromatic heterocycles. The first-order chi connectivity index (χ1) is 5.76. The Balaban J connectivity index is 2.67. The molecular formula is C12H24O. The average Bonchev–Trinajstić information content (AvgIpc) is 2.31. The first-order valence-electron chi connectivity index (χ1n) is 5.49. The number of aliphatic hydroxyl groups is 1. The van der Waals surface area contributed by atoms with E-state index in [1.54, 1.807) is 0 Å². The van der Waals surface area contributed by atoms with Gasteiger partial charge in [-0.05, 0) is 50.4 Å². The largest absolute Gasteiger partial charge is 0.390 e. The molecule has 0 aromatic rings. The topological polar surface area (TPSA) is 20.2 Å². The van der Waals surface area contributed by atoms with E-state index in [1.807, 2.05) is 13.8 Å². The van der Waals surface area contributed by atoms with Crippen LogP contribution in [0.1, 0.15) is 53.9 Å². The summed E-state index contributed by atoms with van der Waals surface area (Å²) in [4.78, 5) is 0. The quantitative estimate of drug-likeness (QED) is 0.698. The molecule has 1 rings (SSSR count). The minimum atomic E-state index is -0.517. The molecule has 1 heteroatoms. The van der Waals surface area contributed by atoms with Crippen LogP contribution in [0.3, 0.4) is 0 Å². The van der Waals surface area contributed by atoms with Crippen molar-refractivity contribution in [2.24, 2.45) is 17.3 Å². The van der Waals surface area contributed by atoms with Crippen LogP contribution in [-0.4, -0.2) is 10.7 Å². The molecule has 0 spiro atoms. The summed E-state index contributed by atoms with van der Waals surface area (Å²) in [5.74, 6) is 1.58. The fraction of sp³-hybridized carbons (Fsp3) is 1.00. The molecule has 0 unspecified atom stereocenters. The van der Waals surface area contributed by atoms with Crippen molar-refractivity contribution in [2.45, 2.75) is 59.5 Å². The van der Waals surface area contributed by atoms with E-state index in [-0.39, 0.29) is 5.41 Å². The van der Waals surface area contributed by atoms with E-state index >= 15 is 0 Å². The van der Waals surface area contributed by atoms with Crippen molar-refractivity contribution in [1.29, 1.82) is 0 Å². The van der Waals surface area contributed by atoms with Gasteiger partial charge >= 0.3 is 0 Å². The van der Waals surface area contributed by atoms with Crippen LogP contribution in [0.2, 0.25) is 0 Å². The van der Waals surface area contributed by atoms with E-state index < -0.39 is 5.60 Å². The van der Waals surface area contributed by atoms with Gasteiger partial charge in [-0.3, -0.25) is 0 Å². The van der Waals surface area contributed by atoms with Crippen LogP contribution in [0.25, 0.3) is 0 Å². The predicted octanol–water partition coefficient (Wildman–Crippen LogP) is 3.22. The van der Waals surface area contributed by atoms with Crippen molar-refractivity contribution >= 4 is 0 Å². The Morgan fingerprint density at radius 1 is 1.38 bits per heavy atom. The molecule has 0 heterocycles. The summed E-state index contributed by atoms with van der Waals surface area (Å²) in [5, 5.41) is 10.1. The molecule has 0 aromatic carbocycles. The Labute approximate surface area is 82.5 Å². The third-order valence-corrected chi connectivity index (χ3v) is 4.20. The number of hydrogen-bond acceptors (Lipinski definition) is 1. The van der Waals surface area contributed by atoms with Crippen molar-refractivity contribution < 1.29 is 5.11 Å². The molecule has 1 fully saturated rings. The second-order valence-electron chi connectivity index (χ2n) is 5.87. The minimum Gasteiger partial charge on any atom is -0.390 e. The minimum absolute atomic E-state index is 0.141. The smallest absolute Gasteiger partial charge is 0.0645 e. The third-order valence-electron chi connectivity index (χ3n) is 4.20. The van der Waals surface area contributed by atoms with Gasteiger partial charge in [0.1, 0.15) is 0 Å². The fourth-order valence-electron chi connectivity index (χ4n) is 2.41. The van der Waals surface area contributed by atoms with E-state index in [1.165, 1.54) is 19.3 Å². The van der Waals surface area contributed by atoms with Gasteiger partial charge in [-0.25, -0.2) is 0 Å². The van der Waals surface area contributed by atoms with Crippen molar-refractivity contribution in [3.05, 3.63) is 0 Å². The lowest BCUT2D eigenvalue weighted by Crippen LogP contribution is -2.39. The summed E-state index contributed by atoms with van der Waals surface area (Å²) in [6, 6.07) is 0. The standard InChI is InChI=1S/C12H24O/c1-9(2)10-6-7-12(5,8-10)11(3,4)13/h9-10,13H,6-8H2,1-5H3/t10-,12-/m0/s1. The van der Waals surface area contributed by atoms with Gasteiger partial charge in [0.2, 0.25) is 0 Å². The summed E-state index contributed by atoms with van der Waals surface area (Å²) < 4.78 is 0. The first kappa shape index (κ1) is 11.0. The van der Waals surface area contributed by atoms with Gasteiger partial charge < -0.3 is 5.11 Å². The van der Waals surface area contributed by atoms with Crippen LogP contribution in [0.5, 0.6) is 0 Å². The normalized spacial score (nSPS) is 35.8. The molecule has 1 N–H and O–H groups in total. The zero-order valence-corrected chi connectivity index (χ0v) is 9.72. The molecule has 0 amide bonds. The monoisotopic (exact) mass is 184 g/mol. The Kier molecular flexibility index (Phi) is 2.78. The highest BCUT2D eigenvalue weighted by Crippen LogP contribution is 2.50. The highest BCUT2D eigenvalue weighted by Gasteiger charge is 2.45. The van der Waals surface area contributed by atoms with Crippen molar-refractivity contribution in [3.63, 3.8) is 0 Å². The van der Waals surface area contributed by atoms with Gasteiger partial charge in [0.25, 0.3) is 0 Å². The van der Waals surface area contributed by atoms with Gasteiger partial charge in [-0.1, -0.05) is 20.8 Å². The maximum Gasteiger partial charge on any atom is 0.0645 e. The Bertz CT molecular complexity index is 178. The molecule has 1 aliphatic carbocycles. The maximum atomic E-state index is 10.1. The van der Waals surface area contributed by atoms with Gasteiger partial charge in [0.05, 0.1) is 5.60 Å². The number of rotatable bonds is 2. The second kappa shape index (κ2) is 3.27. The molecular weight excluding hydrogens is 160 g/mol. The van der Waals surface area contributed by atoms with Gasteiger partial charge in [-0.15, -0.1) is 0 Å². The Morgan fingerprint density at radius 3 is 2.15 bits per heavy atom. The lowest BCUT2D eigenvalue weighted by molar-refractivity contribution is -0.0446. The Hall–Kier alpha value is -0.0400. The summed E-state index contributed by atoms with van der Waals surface area (Å²) in [6.45, 7) is 10.7. The highest BCUT2D eigenvalue weighted by molar-refractivity contribution is 4.96. The summed E-state index contributed by atoms with van der Waals surface area (Å²) >= 11 is 0. The predicted molar refractivity (Wildman–Crippen MR) is 56.6 cm³/mol. The van der Waals surface area contributed by atoms with E-state index in [0.717, 1.165) is 11.8 Å². The SMILES string of the molecule is CC(C)[C@H]1CC[C@](C)(C(C)(C)O)C1. The molecule has 78 valence electrons. The van der Waals surface area contributed by atoms with Crippen molar-refractivity contribution in [2.75, 3.05) is 0 Å². The molecule has 2 atom stereocenters. The molecule has 0 radical (unpaired) electrons. The molecule has 1 aliphatic rings.